The van der Waals surface area contributed by atoms with Crippen LogP contribution in [-0.2, 0) is 4.79 Å². The molecular formula is C23H24N4O. The van der Waals surface area contributed by atoms with Crippen LogP contribution in [0.5, 0.6) is 0 Å². The highest BCUT2D eigenvalue weighted by atomic mass is 16.2. The van der Waals surface area contributed by atoms with E-state index in [0.717, 1.165) is 37.1 Å². The number of benzene rings is 2. The largest absolute Gasteiger partial charge is 0.351 e. The lowest BCUT2D eigenvalue weighted by molar-refractivity contribution is -0.132. The van der Waals surface area contributed by atoms with Gasteiger partial charge in [0.1, 0.15) is 0 Å². The second kappa shape index (κ2) is 8.65. The molecule has 1 N–H and O–H groups in total. The minimum absolute atomic E-state index is 0.173. The monoisotopic (exact) mass is 372 g/mol. The van der Waals surface area contributed by atoms with Crippen molar-refractivity contribution in [3.05, 3.63) is 90.3 Å². The van der Waals surface area contributed by atoms with E-state index in [9.17, 15) is 4.79 Å². The Morgan fingerprint density at radius 3 is 1.93 bits per heavy atom. The Labute approximate surface area is 165 Å². The van der Waals surface area contributed by atoms with Crippen molar-refractivity contribution >= 4 is 11.9 Å². The van der Waals surface area contributed by atoms with Gasteiger partial charge in [-0.2, -0.15) is 0 Å². The number of rotatable bonds is 5. The zero-order valence-electron chi connectivity index (χ0n) is 15.7. The average molecular weight is 372 g/mol. The van der Waals surface area contributed by atoms with E-state index in [1.807, 2.05) is 65.6 Å². The molecule has 3 aromatic rings. The van der Waals surface area contributed by atoms with E-state index in [1.54, 1.807) is 18.5 Å². The zero-order valence-corrected chi connectivity index (χ0v) is 15.7. The third-order valence-corrected chi connectivity index (χ3v) is 5.22. The molecule has 4 rings (SSSR count). The highest BCUT2D eigenvalue weighted by molar-refractivity contribution is 5.87. The molecule has 5 nitrogen and oxygen atoms in total. The number of hydrogen-bond donors (Lipinski definition) is 1. The molecule has 0 atom stereocenters. The summed E-state index contributed by atoms with van der Waals surface area (Å²) in [4.78, 5) is 23.9. The first-order valence-corrected chi connectivity index (χ1v) is 9.73. The van der Waals surface area contributed by atoms with Crippen molar-refractivity contribution in [2.45, 2.75) is 24.8 Å². The van der Waals surface area contributed by atoms with Gasteiger partial charge in [-0.25, -0.2) is 9.97 Å². The maximum Gasteiger partial charge on any atom is 0.234 e. The van der Waals surface area contributed by atoms with E-state index in [4.69, 9.17) is 0 Å². The standard InChI is InChI=1S/C23H24N4O/c28-22(21(18-8-3-1-4-9-18)19-10-5-2-6-11-19)27-16-12-20(13-17-27)26-23-24-14-7-15-25-23/h1-11,14-15,20-21H,12-13,16-17H2,(H,24,25,26). The van der Waals surface area contributed by atoms with Gasteiger partial charge in [0.05, 0.1) is 5.92 Å². The van der Waals surface area contributed by atoms with Crippen LogP contribution < -0.4 is 5.32 Å². The molecule has 0 radical (unpaired) electrons. The number of hydrogen-bond acceptors (Lipinski definition) is 4. The maximum atomic E-state index is 13.4. The molecule has 0 spiro atoms. The number of piperidine rings is 1. The van der Waals surface area contributed by atoms with Gasteiger partial charge in [0.25, 0.3) is 0 Å². The predicted molar refractivity (Wildman–Crippen MR) is 110 cm³/mol. The Morgan fingerprint density at radius 1 is 0.857 bits per heavy atom. The number of nitrogens with one attached hydrogen (secondary N) is 1. The summed E-state index contributed by atoms with van der Waals surface area (Å²) >= 11 is 0. The summed E-state index contributed by atoms with van der Waals surface area (Å²) in [6, 6.07) is 22.2. The number of nitrogens with zero attached hydrogens (tertiary/aromatic N) is 3. The molecule has 1 fully saturated rings. The minimum atomic E-state index is -0.260. The fourth-order valence-electron chi connectivity index (χ4n) is 3.75. The van der Waals surface area contributed by atoms with E-state index in [1.165, 1.54) is 0 Å². The summed E-state index contributed by atoms with van der Waals surface area (Å²) in [5, 5.41) is 3.37. The summed E-state index contributed by atoms with van der Waals surface area (Å²) in [6.45, 7) is 1.47. The molecule has 0 saturated carbocycles. The van der Waals surface area contributed by atoms with Crippen LogP contribution in [0.3, 0.4) is 0 Å². The summed E-state index contributed by atoms with van der Waals surface area (Å²) in [5.74, 6) is 0.565. The molecule has 1 amide bonds. The molecule has 1 aromatic heterocycles. The Bertz CT molecular complexity index is 839. The number of carbonyl (C=O) groups excluding carboxylic acids is 1. The summed E-state index contributed by atoms with van der Waals surface area (Å²) < 4.78 is 0. The topological polar surface area (TPSA) is 58.1 Å². The van der Waals surface area contributed by atoms with Crippen molar-refractivity contribution in [3.8, 4) is 0 Å². The second-order valence-corrected chi connectivity index (χ2v) is 7.07. The minimum Gasteiger partial charge on any atom is -0.351 e. The van der Waals surface area contributed by atoms with E-state index in [0.29, 0.717) is 12.0 Å². The van der Waals surface area contributed by atoms with Gasteiger partial charge in [0.2, 0.25) is 11.9 Å². The summed E-state index contributed by atoms with van der Waals surface area (Å²) in [7, 11) is 0. The lowest BCUT2D eigenvalue weighted by Crippen LogP contribution is -2.44. The Kier molecular flexibility index (Phi) is 5.61. The van der Waals surface area contributed by atoms with Crippen LogP contribution in [0, 0.1) is 0 Å². The first kappa shape index (κ1) is 18.2. The molecule has 2 heterocycles. The molecule has 142 valence electrons. The average Bonchev–Trinajstić information content (AvgIpc) is 2.77. The Morgan fingerprint density at radius 2 is 1.39 bits per heavy atom. The zero-order chi connectivity index (χ0) is 19.2. The van der Waals surface area contributed by atoms with Crippen molar-refractivity contribution in [2.75, 3.05) is 18.4 Å². The van der Waals surface area contributed by atoms with Crippen molar-refractivity contribution in [3.63, 3.8) is 0 Å². The van der Waals surface area contributed by atoms with Gasteiger partial charge in [-0.05, 0) is 30.0 Å². The first-order chi connectivity index (χ1) is 13.8. The maximum absolute atomic E-state index is 13.4. The molecule has 1 aliphatic rings. The number of aromatic nitrogens is 2. The SMILES string of the molecule is O=C(C(c1ccccc1)c1ccccc1)N1CCC(Nc2ncccn2)CC1. The van der Waals surface area contributed by atoms with Gasteiger partial charge in [-0.3, -0.25) is 4.79 Å². The summed E-state index contributed by atoms with van der Waals surface area (Å²) in [6.07, 6.45) is 5.25. The van der Waals surface area contributed by atoms with E-state index in [2.05, 4.69) is 15.3 Å². The lowest BCUT2D eigenvalue weighted by atomic mass is 9.89. The van der Waals surface area contributed by atoms with Gasteiger partial charge in [0, 0.05) is 31.5 Å². The van der Waals surface area contributed by atoms with Crippen LogP contribution in [0.25, 0.3) is 0 Å². The molecular weight excluding hydrogens is 348 g/mol. The smallest absolute Gasteiger partial charge is 0.234 e. The van der Waals surface area contributed by atoms with Crippen molar-refractivity contribution in [1.82, 2.24) is 14.9 Å². The molecule has 0 bridgehead atoms. The molecule has 2 aromatic carbocycles. The quantitative estimate of drug-likeness (QED) is 0.742. The van der Waals surface area contributed by atoms with Crippen LogP contribution in [0.1, 0.15) is 29.9 Å². The van der Waals surface area contributed by atoms with Gasteiger partial charge in [0.15, 0.2) is 0 Å². The second-order valence-electron chi connectivity index (χ2n) is 7.07. The number of likely N-dealkylation sites (tertiary alicyclic amines) is 1. The summed E-state index contributed by atoms with van der Waals surface area (Å²) in [5.41, 5.74) is 2.08. The number of amides is 1. The van der Waals surface area contributed by atoms with Crippen LogP contribution >= 0.6 is 0 Å². The molecule has 5 heteroatoms. The fourth-order valence-corrected chi connectivity index (χ4v) is 3.75. The van der Waals surface area contributed by atoms with Gasteiger partial charge < -0.3 is 10.2 Å². The molecule has 0 unspecified atom stereocenters. The predicted octanol–water partition coefficient (Wildman–Crippen LogP) is 3.71. The Hall–Kier alpha value is -3.21. The highest BCUT2D eigenvalue weighted by Crippen LogP contribution is 2.28. The van der Waals surface area contributed by atoms with E-state index < -0.39 is 0 Å². The third kappa shape index (κ3) is 4.19. The normalized spacial score (nSPS) is 14.8. The molecule has 28 heavy (non-hydrogen) atoms. The van der Waals surface area contributed by atoms with Crippen molar-refractivity contribution in [1.29, 1.82) is 0 Å². The van der Waals surface area contributed by atoms with Gasteiger partial charge in [-0.15, -0.1) is 0 Å². The third-order valence-electron chi connectivity index (χ3n) is 5.22. The van der Waals surface area contributed by atoms with Crippen LogP contribution in [0.4, 0.5) is 5.95 Å². The van der Waals surface area contributed by atoms with Crippen LogP contribution in [-0.4, -0.2) is 39.9 Å². The number of carbonyl (C=O) groups is 1. The van der Waals surface area contributed by atoms with E-state index in [-0.39, 0.29) is 11.8 Å². The fraction of sp³-hybridized carbons (Fsp3) is 0.261. The Balaban J connectivity index is 1.46. The van der Waals surface area contributed by atoms with Gasteiger partial charge >= 0.3 is 0 Å². The number of anilines is 1. The molecule has 1 saturated heterocycles. The molecule has 1 aliphatic heterocycles. The van der Waals surface area contributed by atoms with Gasteiger partial charge in [-0.1, -0.05) is 60.7 Å². The van der Waals surface area contributed by atoms with Crippen molar-refractivity contribution < 1.29 is 4.79 Å². The van der Waals surface area contributed by atoms with Crippen LogP contribution in [0.2, 0.25) is 0 Å². The first-order valence-electron chi connectivity index (χ1n) is 9.73. The molecule has 0 aliphatic carbocycles. The lowest BCUT2D eigenvalue weighted by Gasteiger charge is -2.34. The van der Waals surface area contributed by atoms with E-state index >= 15 is 0 Å². The highest BCUT2D eigenvalue weighted by Gasteiger charge is 2.30. The van der Waals surface area contributed by atoms with Crippen molar-refractivity contribution in [2.24, 2.45) is 0 Å². The van der Waals surface area contributed by atoms with Crippen LogP contribution in [0.15, 0.2) is 79.1 Å².